The molecular weight excluding hydrogens is 190 g/mol. The molecule has 0 aromatic carbocycles. The highest BCUT2D eigenvalue weighted by atomic mass is 35.5. The summed E-state index contributed by atoms with van der Waals surface area (Å²) in [5, 5.41) is 10.9. The predicted octanol–water partition coefficient (Wildman–Crippen LogP) is 2.89. The number of hydrogen-bond donors (Lipinski definition) is 0. The highest BCUT2D eigenvalue weighted by molar-refractivity contribution is 6.30. The van der Waals surface area contributed by atoms with Crippen molar-refractivity contribution < 1.29 is 4.92 Å². The third kappa shape index (κ3) is 3.59. The summed E-state index contributed by atoms with van der Waals surface area (Å²) in [6, 6.07) is 0. The Labute approximate surface area is 82.2 Å². The molecule has 0 saturated carbocycles. The summed E-state index contributed by atoms with van der Waals surface area (Å²) < 4.78 is 0. The fourth-order valence-electron chi connectivity index (χ4n) is 1.35. The third-order valence-corrected chi connectivity index (χ3v) is 2.45. The van der Waals surface area contributed by atoms with E-state index in [0.29, 0.717) is 0 Å². The van der Waals surface area contributed by atoms with Crippen molar-refractivity contribution in [3.8, 4) is 0 Å². The maximum absolute atomic E-state index is 10.0. The average Bonchev–Trinajstić information content (AvgIpc) is 2.08. The molecule has 0 bridgehead atoms. The summed E-state index contributed by atoms with van der Waals surface area (Å²) >= 11 is 5.96. The SMILES string of the molecule is O=[N+]([O-])CC=CC1=C(Cl)CCCC1. The van der Waals surface area contributed by atoms with Gasteiger partial charge in [0.25, 0.3) is 0 Å². The summed E-state index contributed by atoms with van der Waals surface area (Å²) in [6.07, 6.45) is 7.47. The first-order valence-electron chi connectivity index (χ1n) is 4.36. The minimum absolute atomic E-state index is 0.117. The monoisotopic (exact) mass is 201 g/mol. The Balaban J connectivity index is 2.51. The van der Waals surface area contributed by atoms with Gasteiger partial charge in [0.2, 0.25) is 6.54 Å². The minimum Gasteiger partial charge on any atom is -0.264 e. The van der Waals surface area contributed by atoms with E-state index < -0.39 is 0 Å². The molecule has 0 fully saturated rings. The Hall–Kier alpha value is -0.830. The van der Waals surface area contributed by atoms with Gasteiger partial charge in [-0.05, 0) is 37.3 Å². The van der Waals surface area contributed by atoms with Gasteiger partial charge in [-0.25, -0.2) is 0 Å². The summed E-state index contributed by atoms with van der Waals surface area (Å²) in [5.74, 6) is 0. The Morgan fingerprint density at radius 1 is 1.46 bits per heavy atom. The molecule has 0 radical (unpaired) electrons. The molecule has 4 heteroatoms. The van der Waals surface area contributed by atoms with Gasteiger partial charge in [0, 0.05) is 9.96 Å². The molecule has 0 spiro atoms. The topological polar surface area (TPSA) is 43.1 Å². The molecule has 1 aliphatic rings. The van der Waals surface area contributed by atoms with Gasteiger partial charge in [-0.15, -0.1) is 0 Å². The average molecular weight is 202 g/mol. The van der Waals surface area contributed by atoms with Gasteiger partial charge >= 0.3 is 0 Å². The van der Waals surface area contributed by atoms with Gasteiger partial charge in [0.15, 0.2) is 0 Å². The Bertz CT molecular complexity index is 258. The second-order valence-corrected chi connectivity index (χ2v) is 3.51. The van der Waals surface area contributed by atoms with Gasteiger partial charge in [0.05, 0.1) is 0 Å². The van der Waals surface area contributed by atoms with Crippen molar-refractivity contribution in [2.45, 2.75) is 25.7 Å². The Morgan fingerprint density at radius 2 is 2.15 bits per heavy atom. The van der Waals surface area contributed by atoms with E-state index in [0.717, 1.165) is 36.3 Å². The minimum atomic E-state index is -0.353. The lowest BCUT2D eigenvalue weighted by molar-refractivity contribution is -0.468. The van der Waals surface area contributed by atoms with Crippen LogP contribution in [0, 0.1) is 10.1 Å². The van der Waals surface area contributed by atoms with Crippen molar-refractivity contribution in [1.29, 1.82) is 0 Å². The van der Waals surface area contributed by atoms with Crippen molar-refractivity contribution in [1.82, 2.24) is 0 Å². The van der Waals surface area contributed by atoms with Crippen LogP contribution >= 0.6 is 11.6 Å². The molecule has 0 heterocycles. The lowest BCUT2D eigenvalue weighted by Gasteiger charge is -2.12. The molecule has 0 aromatic heterocycles. The van der Waals surface area contributed by atoms with E-state index >= 15 is 0 Å². The Kier molecular flexibility index (Phi) is 3.96. The maximum Gasteiger partial charge on any atom is 0.222 e. The number of hydrogen-bond acceptors (Lipinski definition) is 2. The second-order valence-electron chi connectivity index (χ2n) is 3.05. The molecule has 13 heavy (non-hydrogen) atoms. The maximum atomic E-state index is 10.0. The van der Waals surface area contributed by atoms with E-state index in [1.807, 2.05) is 0 Å². The second kappa shape index (κ2) is 5.02. The zero-order chi connectivity index (χ0) is 9.68. The fourth-order valence-corrected chi connectivity index (χ4v) is 1.64. The molecular formula is C9H12ClNO2. The largest absolute Gasteiger partial charge is 0.264 e. The van der Waals surface area contributed by atoms with E-state index in [9.17, 15) is 10.1 Å². The molecule has 0 N–H and O–H groups in total. The van der Waals surface area contributed by atoms with Gasteiger partial charge in [-0.2, -0.15) is 0 Å². The zero-order valence-electron chi connectivity index (χ0n) is 7.33. The van der Waals surface area contributed by atoms with Crippen molar-refractivity contribution in [3.63, 3.8) is 0 Å². The van der Waals surface area contributed by atoms with E-state index in [4.69, 9.17) is 11.6 Å². The van der Waals surface area contributed by atoms with E-state index in [1.54, 1.807) is 12.2 Å². The van der Waals surface area contributed by atoms with Crippen LogP contribution in [0.2, 0.25) is 0 Å². The van der Waals surface area contributed by atoms with Crippen LogP contribution < -0.4 is 0 Å². The zero-order valence-corrected chi connectivity index (χ0v) is 8.09. The molecule has 0 atom stereocenters. The lowest BCUT2D eigenvalue weighted by atomic mass is 9.99. The smallest absolute Gasteiger partial charge is 0.222 e. The molecule has 1 rings (SSSR count). The highest BCUT2D eigenvalue weighted by Gasteiger charge is 2.07. The van der Waals surface area contributed by atoms with Crippen LogP contribution in [0.3, 0.4) is 0 Å². The van der Waals surface area contributed by atoms with Gasteiger partial charge < -0.3 is 0 Å². The lowest BCUT2D eigenvalue weighted by Crippen LogP contribution is -1.97. The first-order valence-corrected chi connectivity index (χ1v) is 4.74. The predicted molar refractivity (Wildman–Crippen MR) is 52.3 cm³/mol. The van der Waals surface area contributed by atoms with E-state index in [-0.39, 0.29) is 11.5 Å². The van der Waals surface area contributed by atoms with E-state index in [2.05, 4.69) is 0 Å². The molecule has 0 amide bonds. The third-order valence-electron chi connectivity index (χ3n) is 2.01. The van der Waals surface area contributed by atoms with Crippen LogP contribution in [0.5, 0.6) is 0 Å². The van der Waals surface area contributed by atoms with Gasteiger partial charge in [-0.3, -0.25) is 10.1 Å². The van der Waals surface area contributed by atoms with Crippen molar-refractivity contribution in [2.75, 3.05) is 6.54 Å². The molecule has 0 aromatic rings. The normalized spacial score (nSPS) is 18.2. The highest BCUT2D eigenvalue weighted by Crippen LogP contribution is 2.27. The number of allylic oxidation sites excluding steroid dienone is 3. The van der Waals surface area contributed by atoms with Crippen molar-refractivity contribution in [3.05, 3.63) is 32.9 Å². The van der Waals surface area contributed by atoms with Gasteiger partial charge in [-0.1, -0.05) is 17.7 Å². The van der Waals surface area contributed by atoms with Crippen LogP contribution in [0.1, 0.15) is 25.7 Å². The standard InChI is InChI=1S/C9H12ClNO2/c10-9-6-2-1-4-8(9)5-3-7-11(12)13/h3,5H,1-2,4,6-7H2. The quantitative estimate of drug-likeness (QED) is 0.521. The summed E-state index contributed by atoms with van der Waals surface area (Å²) in [4.78, 5) is 9.67. The van der Waals surface area contributed by atoms with Crippen LogP contribution in [0.15, 0.2) is 22.8 Å². The van der Waals surface area contributed by atoms with Crippen LogP contribution in [0.25, 0.3) is 0 Å². The van der Waals surface area contributed by atoms with Gasteiger partial charge in [0.1, 0.15) is 0 Å². The fraction of sp³-hybridized carbons (Fsp3) is 0.556. The number of nitro groups is 1. The van der Waals surface area contributed by atoms with Crippen LogP contribution in [-0.2, 0) is 0 Å². The molecule has 1 aliphatic carbocycles. The van der Waals surface area contributed by atoms with Crippen LogP contribution in [-0.4, -0.2) is 11.5 Å². The molecule has 72 valence electrons. The summed E-state index contributed by atoms with van der Waals surface area (Å²) in [7, 11) is 0. The van der Waals surface area contributed by atoms with Crippen molar-refractivity contribution >= 4 is 11.6 Å². The molecule has 0 aliphatic heterocycles. The first kappa shape index (κ1) is 10.3. The number of nitrogens with zero attached hydrogens (tertiary/aromatic N) is 1. The van der Waals surface area contributed by atoms with E-state index in [1.165, 1.54) is 0 Å². The summed E-state index contributed by atoms with van der Waals surface area (Å²) in [6.45, 7) is -0.117. The molecule has 0 saturated heterocycles. The van der Waals surface area contributed by atoms with Crippen molar-refractivity contribution in [2.24, 2.45) is 0 Å². The summed E-state index contributed by atoms with van der Waals surface area (Å²) in [5.41, 5.74) is 1.06. The number of halogens is 1. The molecule has 0 unspecified atom stereocenters. The first-order chi connectivity index (χ1) is 6.20. The number of rotatable bonds is 3. The molecule has 3 nitrogen and oxygen atoms in total. The Morgan fingerprint density at radius 3 is 2.77 bits per heavy atom. The van der Waals surface area contributed by atoms with Crippen LogP contribution in [0.4, 0.5) is 0 Å².